The zero-order chi connectivity index (χ0) is 22.2. The lowest BCUT2D eigenvalue weighted by atomic mass is 10.0. The maximum atomic E-state index is 12.0. The predicted molar refractivity (Wildman–Crippen MR) is 116 cm³/mol. The van der Waals surface area contributed by atoms with Gasteiger partial charge in [0.05, 0.1) is 23.6 Å². The van der Waals surface area contributed by atoms with E-state index in [0.29, 0.717) is 29.4 Å². The first-order chi connectivity index (χ1) is 15.5. The van der Waals surface area contributed by atoms with Crippen LogP contribution in [0.1, 0.15) is 28.4 Å². The lowest BCUT2D eigenvalue weighted by molar-refractivity contribution is -0.145. The molecule has 8 heteroatoms. The molecule has 1 atom stereocenters. The highest BCUT2D eigenvalue weighted by atomic mass is 16.7. The topological polar surface area (TPSA) is 95.7 Å². The average Bonchev–Trinajstić information content (AvgIpc) is 3.40. The highest BCUT2D eigenvalue weighted by Gasteiger charge is 2.26. The number of rotatable bonds is 6. The van der Waals surface area contributed by atoms with E-state index in [1.54, 1.807) is 36.9 Å². The average molecular weight is 431 g/mol. The number of pyridine rings is 1. The third kappa shape index (κ3) is 3.60. The normalized spacial score (nSPS) is 13.3. The summed E-state index contributed by atoms with van der Waals surface area (Å²) >= 11 is 0. The van der Waals surface area contributed by atoms with Gasteiger partial charge in [-0.05, 0) is 48.7 Å². The molecule has 2 aromatic carbocycles. The molecule has 0 saturated heterocycles. The van der Waals surface area contributed by atoms with Gasteiger partial charge in [0.25, 0.3) is 0 Å². The quantitative estimate of drug-likeness (QED) is 0.492. The molecule has 2 aromatic heterocycles. The zero-order valence-corrected chi connectivity index (χ0v) is 17.6. The summed E-state index contributed by atoms with van der Waals surface area (Å²) in [5.74, 6) is 0.583. The molecular formula is C24H21N3O5. The minimum atomic E-state index is -1.17. The molecule has 162 valence electrons. The molecule has 8 nitrogen and oxygen atoms in total. The van der Waals surface area contributed by atoms with Crippen molar-refractivity contribution in [3.05, 3.63) is 77.4 Å². The first-order valence-corrected chi connectivity index (χ1v) is 10.1. The van der Waals surface area contributed by atoms with Gasteiger partial charge >= 0.3 is 5.97 Å². The van der Waals surface area contributed by atoms with Crippen LogP contribution >= 0.6 is 0 Å². The molecule has 3 heterocycles. The van der Waals surface area contributed by atoms with Crippen LogP contribution in [0.4, 0.5) is 0 Å². The molecule has 0 fully saturated rings. The number of aryl methyl sites for hydroxylation is 2. The molecule has 0 radical (unpaired) electrons. The monoisotopic (exact) mass is 431 g/mol. The van der Waals surface area contributed by atoms with E-state index >= 15 is 0 Å². The van der Waals surface area contributed by atoms with Crippen molar-refractivity contribution in [1.29, 1.82) is 0 Å². The maximum absolute atomic E-state index is 12.0. The van der Waals surface area contributed by atoms with Gasteiger partial charge in [-0.25, -0.2) is 9.78 Å². The molecule has 0 spiro atoms. The lowest BCUT2D eigenvalue weighted by Gasteiger charge is -2.20. The van der Waals surface area contributed by atoms with Gasteiger partial charge in [0, 0.05) is 18.3 Å². The Morgan fingerprint density at radius 1 is 1.16 bits per heavy atom. The number of benzene rings is 2. The van der Waals surface area contributed by atoms with Gasteiger partial charge in [-0.1, -0.05) is 18.2 Å². The van der Waals surface area contributed by atoms with Gasteiger partial charge in [0.15, 0.2) is 11.5 Å². The zero-order valence-electron chi connectivity index (χ0n) is 17.6. The summed E-state index contributed by atoms with van der Waals surface area (Å²) in [6.07, 6.45) is 4.14. The Morgan fingerprint density at radius 2 is 1.94 bits per heavy atom. The molecule has 1 unspecified atom stereocenters. The van der Waals surface area contributed by atoms with Crippen molar-refractivity contribution >= 4 is 17.0 Å². The smallest absolute Gasteiger partial charge is 0.349 e. The number of nitrogens with zero attached hydrogens (tertiary/aromatic N) is 3. The fourth-order valence-corrected chi connectivity index (χ4v) is 4.00. The Kier molecular flexibility index (Phi) is 4.89. The Bertz CT molecular complexity index is 1310. The second-order valence-electron chi connectivity index (χ2n) is 7.74. The van der Waals surface area contributed by atoms with E-state index in [1.165, 1.54) is 0 Å². The molecule has 0 bridgehead atoms. The molecule has 1 N–H and O–H groups in total. The van der Waals surface area contributed by atoms with Crippen molar-refractivity contribution in [3.8, 4) is 17.2 Å². The number of carbonyl (C=O) groups is 1. The Balaban J connectivity index is 1.42. The SMILES string of the molecule is Cc1cc(Cn2cnc3ccncc32)cc(C)c1OC(C(=O)O)c1ccc2c(c1)OCO2. The standard InChI is InChI=1S/C24H21N3O5/c1-14-7-16(11-27-12-26-18-5-6-25-10-19(18)27)8-15(2)22(14)32-23(24(28)29)17-3-4-20-21(9-17)31-13-30-20/h3-10,12,23H,11,13H2,1-2H3,(H,28,29). The van der Waals surface area contributed by atoms with Crippen LogP contribution in [0, 0.1) is 13.8 Å². The summed E-state index contributed by atoms with van der Waals surface area (Å²) in [5, 5.41) is 9.83. The fraction of sp³-hybridized carbons (Fsp3) is 0.208. The van der Waals surface area contributed by atoms with E-state index in [4.69, 9.17) is 14.2 Å². The third-order valence-electron chi connectivity index (χ3n) is 5.46. The third-order valence-corrected chi connectivity index (χ3v) is 5.46. The number of ether oxygens (including phenoxy) is 3. The number of aromatic nitrogens is 3. The molecular weight excluding hydrogens is 410 g/mol. The van der Waals surface area contributed by atoms with Gasteiger partial charge in [-0.15, -0.1) is 0 Å². The van der Waals surface area contributed by atoms with Crippen LogP contribution in [0.15, 0.2) is 55.1 Å². The Hall–Kier alpha value is -4.07. The van der Waals surface area contributed by atoms with Crippen LogP contribution in [-0.2, 0) is 11.3 Å². The van der Waals surface area contributed by atoms with Gasteiger partial charge in [-0.2, -0.15) is 0 Å². The second-order valence-corrected chi connectivity index (χ2v) is 7.74. The summed E-state index contributed by atoms with van der Waals surface area (Å²) in [6, 6.07) is 10.9. The molecule has 5 rings (SSSR count). The molecule has 1 aliphatic rings. The molecule has 1 aliphatic heterocycles. The fourth-order valence-electron chi connectivity index (χ4n) is 4.00. The number of carboxylic acid groups (broad SMARTS) is 1. The van der Waals surface area contributed by atoms with Crippen LogP contribution < -0.4 is 14.2 Å². The van der Waals surface area contributed by atoms with Crippen molar-refractivity contribution < 1.29 is 24.1 Å². The molecule has 4 aromatic rings. The Morgan fingerprint density at radius 3 is 2.72 bits per heavy atom. The van der Waals surface area contributed by atoms with Crippen molar-refractivity contribution in [2.75, 3.05) is 6.79 Å². The maximum Gasteiger partial charge on any atom is 0.349 e. The van der Waals surface area contributed by atoms with E-state index in [0.717, 1.165) is 27.7 Å². The van der Waals surface area contributed by atoms with Crippen LogP contribution in [0.2, 0.25) is 0 Å². The number of aliphatic carboxylic acids is 1. The predicted octanol–water partition coefficient (Wildman–Crippen LogP) is 4.03. The first kappa shape index (κ1) is 19.9. The van der Waals surface area contributed by atoms with Crippen molar-refractivity contribution in [2.45, 2.75) is 26.5 Å². The summed E-state index contributed by atoms with van der Waals surface area (Å²) < 4.78 is 18.7. The van der Waals surface area contributed by atoms with Crippen molar-refractivity contribution in [3.63, 3.8) is 0 Å². The van der Waals surface area contributed by atoms with E-state index in [2.05, 4.69) is 9.97 Å². The number of carboxylic acids is 1. The van der Waals surface area contributed by atoms with E-state index < -0.39 is 12.1 Å². The summed E-state index contributed by atoms with van der Waals surface area (Å²) in [6.45, 7) is 4.57. The summed E-state index contributed by atoms with van der Waals surface area (Å²) in [7, 11) is 0. The van der Waals surface area contributed by atoms with Crippen LogP contribution in [0.3, 0.4) is 0 Å². The van der Waals surface area contributed by atoms with Crippen molar-refractivity contribution in [1.82, 2.24) is 14.5 Å². The van der Waals surface area contributed by atoms with Crippen molar-refractivity contribution in [2.24, 2.45) is 0 Å². The van der Waals surface area contributed by atoms with Crippen LogP contribution in [0.25, 0.3) is 11.0 Å². The highest BCUT2D eigenvalue weighted by molar-refractivity contribution is 5.76. The van der Waals surface area contributed by atoms with Gasteiger partial charge in [0.1, 0.15) is 5.75 Å². The van der Waals surface area contributed by atoms with E-state index in [9.17, 15) is 9.90 Å². The summed E-state index contributed by atoms with van der Waals surface area (Å²) in [4.78, 5) is 20.6. The molecule has 0 amide bonds. The van der Waals surface area contributed by atoms with Crippen LogP contribution in [0.5, 0.6) is 17.2 Å². The van der Waals surface area contributed by atoms with Gasteiger partial charge < -0.3 is 23.9 Å². The molecule has 32 heavy (non-hydrogen) atoms. The minimum Gasteiger partial charge on any atom is -0.478 e. The number of imidazole rings is 1. The first-order valence-electron chi connectivity index (χ1n) is 10.1. The van der Waals surface area contributed by atoms with Crippen LogP contribution in [-0.4, -0.2) is 32.4 Å². The number of hydrogen-bond acceptors (Lipinski definition) is 6. The Labute approximate surface area is 184 Å². The molecule has 0 aliphatic carbocycles. The van der Waals surface area contributed by atoms with Gasteiger partial charge in [0.2, 0.25) is 12.9 Å². The van der Waals surface area contributed by atoms with E-state index in [1.807, 2.05) is 36.6 Å². The van der Waals surface area contributed by atoms with Gasteiger partial charge in [-0.3, -0.25) is 4.98 Å². The van der Waals surface area contributed by atoms with E-state index in [-0.39, 0.29) is 6.79 Å². The molecule has 0 saturated carbocycles. The largest absolute Gasteiger partial charge is 0.478 e. The summed E-state index contributed by atoms with van der Waals surface area (Å²) in [5.41, 5.74) is 5.11. The minimum absolute atomic E-state index is 0.124. The highest BCUT2D eigenvalue weighted by Crippen LogP contribution is 2.36. The number of fused-ring (bicyclic) bond motifs is 2. The second kappa shape index (κ2) is 7.88. The number of hydrogen-bond donors (Lipinski definition) is 1. The lowest BCUT2D eigenvalue weighted by Crippen LogP contribution is -2.19.